The standard InChI is InChI=1S/C23H27F3N2O3/c1-2-3-4-5-6-7-8-13-30-19-11-9-18(10-12-19)28-23(29)31-27-16-17-14-21(25)22(26)15-20(17)24/h9-12,14-16H,2-8,13H2,1H3,(H,28,29). The Labute approximate surface area is 180 Å². The Kier molecular flexibility index (Phi) is 10.4. The van der Waals surface area contributed by atoms with Gasteiger partial charge in [-0.2, -0.15) is 0 Å². The molecule has 5 nitrogen and oxygen atoms in total. The summed E-state index contributed by atoms with van der Waals surface area (Å²) in [6.07, 6.45) is 8.32. The summed E-state index contributed by atoms with van der Waals surface area (Å²) in [7, 11) is 0. The van der Waals surface area contributed by atoms with Crippen LogP contribution in [0.1, 0.15) is 57.4 Å². The normalized spacial score (nSPS) is 11.0. The summed E-state index contributed by atoms with van der Waals surface area (Å²) < 4.78 is 45.1. The smallest absolute Gasteiger partial charge is 0.437 e. The minimum Gasteiger partial charge on any atom is -0.494 e. The monoisotopic (exact) mass is 436 g/mol. The number of carbonyl (C=O) groups is 1. The van der Waals surface area contributed by atoms with Crippen LogP contribution in [0.4, 0.5) is 23.7 Å². The van der Waals surface area contributed by atoms with Crippen LogP contribution >= 0.6 is 0 Å². The van der Waals surface area contributed by atoms with Crippen LogP contribution in [0, 0.1) is 17.5 Å². The zero-order chi connectivity index (χ0) is 22.5. The molecule has 0 saturated heterocycles. The van der Waals surface area contributed by atoms with E-state index in [-0.39, 0.29) is 5.56 Å². The highest BCUT2D eigenvalue weighted by Crippen LogP contribution is 2.17. The molecule has 0 aromatic heterocycles. The maximum atomic E-state index is 13.5. The number of ether oxygens (including phenoxy) is 1. The molecule has 1 amide bonds. The minimum atomic E-state index is -1.32. The minimum absolute atomic E-state index is 0.353. The van der Waals surface area contributed by atoms with Crippen molar-refractivity contribution in [1.82, 2.24) is 0 Å². The van der Waals surface area contributed by atoms with E-state index in [0.29, 0.717) is 30.2 Å². The molecule has 31 heavy (non-hydrogen) atoms. The Morgan fingerprint density at radius 2 is 1.58 bits per heavy atom. The van der Waals surface area contributed by atoms with Gasteiger partial charge in [-0.15, -0.1) is 0 Å². The van der Waals surface area contributed by atoms with E-state index in [9.17, 15) is 18.0 Å². The Balaban J connectivity index is 1.69. The van der Waals surface area contributed by atoms with E-state index in [2.05, 4.69) is 22.2 Å². The lowest BCUT2D eigenvalue weighted by molar-refractivity contribution is 0.167. The van der Waals surface area contributed by atoms with Gasteiger partial charge < -0.3 is 4.74 Å². The number of hydrogen-bond acceptors (Lipinski definition) is 4. The van der Waals surface area contributed by atoms with Gasteiger partial charge in [-0.25, -0.2) is 18.0 Å². The van der Waals surface area contributed by atoms with E-state index in [1.165, 1.54) is 32.1 Å². The lowest BCUT2D eigenvalue weighted by Crippen LogP contribution is -2.11. The lowest BCUT2D eigenvalue weighted by atomic mass is 10.1. The number of amides is 1. The predicted molar refractivity (Wildman–Crippen MR) is 114 cm³/mol. The number of anilines is 1. The fraction of sp³-hybridized carbons (Fsp3) is 0.391. The number of oxime groups is 1. The molecule has 0 aliphatic heterocycles. The maximum absolute atomic E-state index is 13.5. The van der Waals surface area contributed by atoms with Gasteiger partial charge in [0.1, 0.15) is 11.6 Å². The Hall–Kier alpha value is -3.03. The van der Waals surface area contributed by atoms with Gasteiger partial charge in [0.2, 0.25) is 0 Å². The van der Waals surface area contributed by atoms with Gasteiger partial charge in [0.25, 0.3) is 0 Å². The van der Waals surface area contributed by atoms with Gasteiger partial charge in [-0.05, 0) is 36.8 Å². The van der Waals surface area contributed by atoms with Gasteiger partial charge in [-0.3, -0.25) is 10.2 Å². The molecule has 2 aromatic carbocycles. The summed E-state index contributed by atoms with van der Waals surface area (Å²) in [6, 6.07) is 7.71. The molecule has 0 aliphatic carbocycles. The van der Waals surface area contributed by atoms with Crippen molar-refractivity contribution in [3.05, 3.63) is 59.4 Å². The second-order valence-electron chi connectivity index (χ2n) is 7.02. The molecule has 0 saturated carbocycles. The van der Waals surface area contributed by atoms with Crippen molar-refractivity contribution in [1.29, 1.82) is 0 Å². The molecule has 0 spiro atoms. The molecule has 8 heteroatoms. The zero-order valence-corrected chi connectivity index (χ0v) is 17.5. The summed E-state index contributed by atoms with van der Waals surface area (Å²) in [5.74, 6) is -2.89. The number of hydrogen-bond donors (Lipinski definition) is 1. The van der Waals surface area contributed by atoms with Gasteiger partial charge in [-0.1, -0.05) is 50.6 Å². The van der Waals surface area contributed by atoms with Crippen molar-refractivity contribution in [2.75, 3.05) is 11.9 Å². The molecule has 0 radical (unpaired) electrons. The predicted octanol–water partition coefficient (Wildman–Crippen LogP) is 6.82. The highest BCUT2D eigenvalue weighted by Gasteiger charge is 2.09. The second-order valence-corrected chi connectivity index (χ2v) is 7.02. The van der Waals surface area contributed by atoms with Crippen LogP contribution in [-0.2, 0) is 4.84 Å². The SMILES string of the molecule is CCCCCCCCCOc1ccc(NC(=O)ON=Cc2cc(F)c(F)cc2F)cc1. The molecule has 168 valence electrons. The average Bonchev–Trinajstić information content (AvgIpc) is 2.75. The maximum Gasteiger partial charge on any atom is 0.437 e. The van der Waals surface area contributed by atoms with Crippen molar-refractivity contribution in [3.8, 4) is 5.75 Å². The van der Waals surface area contributed by atoms with Crippen LogP contribution in [0.25, 0.3) is 0 Å². The Bertz CT molecular complexity index is 858. The number of halogens is 3. The van der Waals surface area contributed by atoms with Crippen molar-refractivity contribution < 1.29 is 27.5 Å². The summed E-state index contributed by atoms with van der Waals surface area (Å²) in [6.45, 7) is 2.84. The quantitative estimate of drug-likeness (QED) is 0.131. The largest absolute Gasteiger partial charge is 0.494 e. The number of nitrogens with zero attached hydrogens (tertiary/aromatic N) is 1. The van der Waals surface area contributed by atoms with Crippen molar-refractivity contribution in [2.45, 2.75) is 51.9 Å². The molecule has 0 bridgehead atoms. The molecular weight excluding hydrogens is 409 g/mol. The molecule has 0 heterocycles. The van der Waals surface area contributed by atoms with Crippen LogP contribution in [-0.4, -0.2) is 18.9 Å². The zero-order valence-electron chi connectivity index (χ0n) is 17.5. The van der Waals surface area contributed by atoms with Crippen molar-refractivity contribution >= 4 is 18.0 Å². The van der Waals surface area contributed by atoms with E-state index < -0.39 is 23.5 Å². The summed E-state index contributed by atoms with van der Waals surface area (Å²) in [5, 5.41) is 5.71. The third-order valence-corrected chi connectivity index (χ3v) is 4.48. The van der Waals surface area contributed by atoms with Gasteiger partial charge in [0.15, 0.2) is 11.6 Å². The van der Waals surface area contributed by atoms with Crippen LogP contribution < -0.4 is 10.1 Å². The molecule has 0 unspecified atom stereocenters. The first-order valence-corrected chi connectivity index (χ1v) is 10.4. The highest BCUT2D eigenvalue weighted by atomic mass is 19.2. The number of benzene rings is 2. The molecule has 1 N–H and O–H groups in total. The second kappa shape index (κ2) is 13.3. The van der Waals surface area contributed by atoms with E-state index in [1.54, 1.807) is 24.3 Å². The first-order valence-electron chi connectivity index (χ1n) is 10.4. The van der Waals surface area contributed by atoms with Crippen LogP contribution in [0.2, 0.25) is 0 Å². The number of nitrogens with one attached hydrogen (secondary N) is 1. The third kappa shape index (κ3) is 9.11. The molecule has 0 fully saturated rings. The molecule has 2 aromatic rings. The third-order valence-electron chi connectivity index (χ3n) is 4.48. The fourth-order valence-corrected chi connectivity index (χ4v) is 2.79. The Morgan fingerprint density at radius 3 is 2.29 bits per heavy atom. The molecular formula is C23H27F3N2O3. The number of carbonyl (C=O) groups excluding carboxylic acids is 1. The van der Waals surface area contributed by atoms with E-state index in [0.717, 1.165) is 19.1 Å². The van der Waals surface area contributed by atoms with Crippen LogP contribution in [0.5, 0.6) is 5.75 Å². The fourth-order valence-electron chi connectivity index (χ4n) is 2.79. The highest BCUT2D eigenvalue weighted by molar-refractivity contribution is 5.86. The first kappa shape index (κ1) is 24.2. The topological polar surface area (TPSA) is 59.9 Å². The van der Waals surface area contributed by atoms with Gasteiger partial charge >= 0.3 is 6.09 Å². The van der Waals surface area contributed by atoms with Crippen LogP contribution in [0.15, 0.2) is 41.6 Å². The molecule has 0 atom stereocenters. The Morgan fingerprint density at radius 1 is 0.935 bits per heavy atom. The van der Waals surface area contributed by atoms with Crippen LogP contribution in [0.3, 0.4) is 0 Å². The van der Waals surface area contributed by atoms with Gasteiger partial charge in [0.05, 0.1) is 12.8 Å². The van der Waals surface area contributed by atoms with E-state index >= 15 is 0 Å². The molecule has 2 rings (SSSR count). The van der Waals surface area contributed by atoms with Crippen molar-refractivity contribution in [2.24, 2.45) is 5.16 Å². The summed E-state index contributed by atoms with van der Waals surface area (Å²) >= 11 is 0. The molecule has 0 aliphatic rings. The average molecular weight is 436 g/mol. The van der Waals surface area contributed by atoms with E-state index in [4.69, 9.17) is 4.74 Å². The summed E-state index contributed by atoms with van der Waals surface area (Å²) in [5.41, 5.74) is 0.0941. The van der Waals surface area contributed by atoms with Crippen molar-refractivity contribution in [3.63, 3.8) is 0 Å². The lowest BCUT2D eigenvalue weighted by Gasteiger charge is -2.08. The number of rotatable bonds is 12. The first-order chi connectivity index (χ1) is 15.0. The number of unbranched alkanes of at least 4 members (excludes halogenated alkanes) is 6. The van der Waals surface area contributed by atoms with Gasteiger partial charge in [0, 0.05) is 17.3 Å². The van der Waals surface area contributed by atoms with E-state index in [1.807, 2.05) is 0 Å². The summed E-state index contributed by atoms with van der Waals surface area (Å²) in [4.78, 5) is 16.3.